The van der Waals surface area contributed by atoms with E-state index in [0.29, 0.717) is 0 Å². The van der Waals surface area contributed by atoms with Crippen LogP contribution in [0.4, 0.5) is 0 Å². The minimum atomic E-state index is -2.17. The highest BCUT2D eigenvalue weighted by Crippen LogP contribution is 2.33. The zero-order valence-corrected chi connectivity index (χ0v) is 26.6. The maximum Gasteiger partial charge on any atom is 0.217 e. The predicted octanol–water partition coefficient (Wildman–Crippen LogP) is -10.2. The van der Waals surface area contributed by atoms with Crippen LogP contribution in [0.15, 0.2) is 0 Å². The summed E-state index contributed by atoms with van der Waals surface area (Å²) in [5, 5.41) is 127. The molecule has 290 valence electrons. The van der Waals surface area contributed by atoms with E-state index < -0.39 is 154 Å². The van der Waals surface area contributed by atoms with Crippen molar-refractivity contribution in [2.24, 2.45) is 0 Å². The van der Waals surface area contributed by atoms with Gasteiger partial charge in [0.2, 0.25) is 5.91 Å². The molecule has 4 rings (SSSR count). The third-order valence-electron chi connectivity index (χ3n) is 8.75. The molecule has 0 bridgehead atoms. The van der Waals surface area contributed by atoms with E-state index in [-0.39, 0.29) is 0 Å². The molecule has 4 aliphatic rings. The lowest BCUT2D eigenvalue weighted by Crippen LogP contribution is -2.68. The van der Waals surface area contributed by atoms with E-state index in [9.17, 15) is 70.9 Å². The van der Waals surface area contributed by atoms with Gasteiger partial charge in [0.1, 0.15) is 97.6 Å². The van der Waals surface area contributed by atoms with E-state index in [1.165, 1.54) is 7.11 Å². The molecule has 1 amide bonds. The Hall–Kier alpha value is -1.82. The predicted molar refractivity (Wildman–Crippen MR) is 148 cm³/mol. The van der Waals surface area contributed by atoms with Crippen LogP contribution in [0.5, 0.6) is 0 Å². The number of ether oxygens (including phenoxy) is 8. The smallest absolute Gasteiger partial charge is 0.217 e. The molecule has 20 atom stereocenters. The Labute approximate surface area is 283 Å². The number of hydrogen-bond donors (Lipinski definition) is 12. The monoisotopic (exact) mass is 734 g/mol. The Morgan fingerprint density at radius 1 is 0.620 bits per heavy atom. The topological polar surface area (TPSA) is 366 Å². The van der Waals surface area contributed by atoms with Crippen molar-refractivity contribution >= 4 is 11.9 Å². The molecule has 23 nitrogen and oxygen atoms in total. The molecule has 4 fully saturated rings. The van der Waals surface area contributed by atoms with Crippen molar-refractivity contribution < 1.29 is 109 Å². The molecule has 4 aliphatic heterocycles. The van der Waals surface area contributed by atoms with Gasteiger partial charge in [-0.1, -0.05) is 0 Å². The number of nitrogens with one attached hydrogen (secondary N) is 1. The second-order valence-corrected chi connectivity index (χ2v) is 12.2. The van der Waals surface area contributed by atoms with Crippen molar-refractivity contribution in [1.82, 2.24) is 5.32 Å². The fourth-order valence-corrected chi connectivity index (χ4v) is 6.00. The van der Waals surface area contributed by atoms with Crippen LogP contribution in [-0.2, 0) is 47.5 Å². The molecule has 0 spiro atoms. The highest BCUT2D eigenvalue weighted by molar-refractivity contribution is 5.73. The van der Waals surface area contributed by atoms with E-state index in [4.69, 9.17) is 37.9 Å². The fourth-order valence-electron chi connectivity index (χ4n) is 6.00. The zero-order chi connectivity index (χ0) is 37.2. The van der Waals surface area contributed by atoms with Gasteiger partial charge < -0.3 is 109 Å². The SMILES string of the molecule is CO[C@@H]1O[C@H](CO[C@@H]2O[C@H](CO)[C@@H](O[C@@H]3O[C@H](C(=O)[O-])[C@H](O)[C@H](O)[C@H]3O)[C@H](O)[C@H]2O)[C@@H](O[C@@H]2O[C@H](CO)[C@H](O)[C@H](O)[C@H]2O)[C@H](O)[C@H]1NC(C)=O. The fraction of sp³-hybridized carbons (Fsp3) is 0.926. The van der Waals surface area contributed by atoms with Crippen LogP contribution in [0.25, 0.3) is 0 Å². The van der Waals surface area contributed by atoms with Crippen molar-refractivity contribution in [3.05, 3.63) is 0 Å². The van der Waals surface area contributed by atoms with Gasteiger partial charge in [-0.25, -0.2) is 0 Å². The quantitative estimate of drug-likeness (QED) is 0.0885. The summed E-state index contributed by atoms with van der Waals surface area (Å²) in [5.74, 6) is -2.58. The summed E-state index contributed by atoms with van der Waals surface area (Å²) < 4.78 is 43.8. The first-order valence-corrected chi connectivity index (χ1v) is 15.5. The molecule has 0 unspecified atom stereocenters. The number of aliphatic hydroxyl groups excluding tert-OH is 11. The molecule has 0 aromatic rings. The second-order valence-electron chi connectivity index (χ2n) is 12.2. The lowest BCUT2D eigenvalue weighted by atomic mass is 9.95. The summed E-state index contributed by atoms with van der Waals surface area (Å²) in [6, 6.07) is -1.30. The highest BCUT2D eigenvalue weighted by atomic mass is 16.8. The van der Waals surface area contributed by atoms with Crippen molar-refractivity contribution in [1.29, 1.82) is 0 Å². The average Bonchev–Trinajstić information content (AvgIpc) is 3.08. The molecule has 0 saturated carbocycles. The lowest BCUT2D eigenvalue weighted by Gasteiger charge is -2.48. The van der Waals surface area contributed by atoms with Crippen molar-refractivity contribution in [2.75, 3.05) is 26.9 Å². The maximum absolute atomic E-state index is 11.9. The van der Waals surface area contributed by atoms with Crippen molar-refractivity contribution in [2.45, 2.75) is 130 Å². The summed E-state index contributed by atoms with van der Waals surface area (Å²) >= 11 is 0. The molecule has 0 aromatic heterocycles. The lowest BCUT2D eigenvalue weighted by molar-refractivity contribution is -0.376. The number of carbonyl (C=O) groups excluding carboxylic acids is 2. The molecule has 23 heteroatoms. The van der Waals surface area contributed by atoms with E-state index in [1.807, 2.05) is 0 Å². The molecular formula is C27H44NO22-. The maximum atomic E-state index is 11.9. The summed E-state index contributed by atoms with van der Waals surface area (Å²) in [7, 11) is 1.18. The van der Waals surface area contributed by atoms with Crippen LogP contribution in [-0.4, -0.2) is 218 Å². The van der Waals surface area contributed by atoms with Gasteiger partial charge in [-0.2, -0.15) is 0 Å². The summed E-state index contributed by atoms with van der Waals surface area (Å²) in [6.07, 6.45) is -34.5. The van der Waals surface area contributed by atoms with Gasteiger partial charge in [-0.15, -0.1) is 0 Å². The first-order valence-electron chi connectivity index (χ1n) is 15.5. The molecule has 50 heavy (non-hydrogen) atoms. The normalized spacial score (nSPS) is 48.6. The highest BCUT2D eigenvalue weighted by Gasteiger charge is 2.54. The first-order chi connectivity index (χ1) is 23.6. The third kappa shape index (κ3) is 8.52. The number of aliphatic carboxylic acids is 1. The average molecular weight is 735 g/mol. The standard InChI is InChI=1S/C27H45NO22/c1-6(31)28-10-12(33)21(49-26-17(38)13(34)11(32)7(3-29)45-26)9(47-24(10)43-2)5-44-25-19(40)16(37)20(8(4-30)46-25)48-27-18(39)14(35)15(36)22(50-27)23(41)42/h7-22,24-27,29-30,32-40H,3-5H2,1-2H3,(H,28,31)(H,41,42)/p-1/t7-,8-,9-,10-,11+,12-,13+,14+,15-,16-,17-,18-,19-,20-,21-,22+,24-,25-,26+,27-/m1/s1. The molecular weight excluding hydrogens is 690 g/mol. The van der Waals surface area contributed by atoms with Gasteiger partial charge in [-0.3, -0.25) is 4.79 Å². The number of carboxylic acid groups (broad SMARTS) is 1. The second kappa shape index (κ2) is 17.3. The Balaban J connectivity index is 1.50. The van der Waals surface area contributed by atoms with Gasteiger partial charge in [0, 0.05) is 14.0 Å². The van der Waals surface area contributed by atoms with Crippen LogP contribution >= 0.6 is 0 Å². The van der Waals surface area contributed by atoms with Gasteiger partial charge >= 0.3 is 0 Å². The largest absolute Gasteiger partial charge is 0.547 e. The van der Waals surface area contributed by atoms with Crippen molar-refractivity contribution in [3.63, 3.8) is 0 Å². The molecule has 4 heterocycles. The van der Waals surface area contributed by atoms with Gasteiger partial charge in [0.05, 0.1) is 25.8 Å². The van der Waals surface area contributed by atoms with Gasteiger partial charge in [0.25, 0.3) is 0 Å². The third-order valence-corrected chi connectivity index (χ3v) is 8.75. The summed E-state index contributed by atoms with van der Waals surface area (Å²) in [5.41, 5.74) is 0. The number of hydrogen-bond acceptors (Lipinski definition) is 22. The van der Waals surface area contributed by atoms with Crippen LogP contribution in [0.1, 0.15) is 6.92 Å². The number of carbonyl (C=O) groups is 2. The zero-order valence-electron chi connectivity index (χ0n) is 26.6. The molecule has 0 aliphatic carbocycles. The Kier molecular flexibility index (Phi) is 14.2. The first kappa shape index (κ1) is 40.9. The van der Waals surface area contributed by atoms with Crippen LogP contribution in [0.2, 0.25) is 0 Å². The minimum Gasteiger partial charge on any atom is -0.547 e. The molecule has 0 radical (unpaired) electrons. The number of carboxylic acids is 1. The van der Waals surface area contributed by atoms with Gasteiger partial charge in [0.15, 0.2) is 25.2 Å². The van der Waals surface area contributed by atoms with Gasteiger partial charge in [-0.05, 0) is 0 Å². The van der Waals surface area contributed by atoms with Crippen LogP contribution in [0.3, 0.4) is 0 Å². The number of rotatable bonds is 12. The number of aliphatic hydroxyl groups is 11. The van der Waals surface area contributed by atoms with E-state index >= 15 is 0 Å². The Bertz CT molecular complexity index is 1120. The number of amides is 1. The Morgan fingerprint density at radius 3 is 1.66 bits per heavy atom. The number of methoxy groups -OCH3 is 1. The van der Waals surface area contributed by atoms with Crippen LogP contribution < -0.4 is 10.4 Å². The van der Waals surface area contributed by atoms with E-state index in [1.54, 1.807) is 0 Å². The Morgan fingerprint density at radius 2 is 1.12 bits per heavy atom. The summed E-state index contributed by atoms with van der Waals surface area (Å²) in [6.45, 7) is -1.29. The van der Waals surface area contributed by atoms with E-state index in [2.05, 4.69) is 5.32 Å². The molecule has 0 aromatic carbocycles. The van der Waals surface area contributed by atoms with Crippen molar-refractivity contribution in [3.8, 4) is 0 Å². The van der Waals surface area contributed by atoms with Crippen LogP contribution in [0, 0.1) is 0 Å². The molecule has 4 saturated heterocycles. The minimum absolute atomic E-state index is 0.618. The van der Waals surface area contributed by atoms with E-state index in [0.717, 1.165) is 6.92 Å². The molecule has 12 N–H and O–H groups in total. The summed E-state index contributed by atoms with van der Waals surface area (Å²) in [4.78, 5) is 23.2.